The molecule has 140 valence electrons. The Morgan fingerprint density at radius 2 is 1.78 bits per heavy atom. The predicted molar refractivity (Wildman–Crippen MR) is 101 cm³/mol. The number of esters is 1. The van der Waals surface area contributed by atoms with Gasteiger partial charge in [0.1, 0.15) is 17.9 Å². The second kappa shape index (κ2) is 7.61. The van der Waals surface area contributed by atoms with Crippen molar-refractivity contribution in [1.29, 1.82) is 0 Å². The van der Waals surface area contributed by atoms with E-state index in [1.807, 2.05) is 57.2 Å². The second-order valence-corrected chi connectivity index (χ2v) is 7.20. The molecule has 3 rings (SSSR count). The van der Waals surface area contributed by atoms with Crippen molar-refractivity contribution in [2.24, 2.45) is 0 Å². The van der Waals surface area contributed by atoms with Crippen LogP contribution >= 0.6 is 0 Å². The predicted octanol–water partition coefficient (Wildman–Crippen LogP) is 4.11. The summed E-state index contributed by atoms with van der Waals surface area (Å²) in [4.78, 5) is 28.9. The number of aromatic nitrogens is 2. The van der Waals surface area contributed by atoms with Gasteiger partial charge in [0, 0.05) is 11.6 Å². The molecule has 0 bridgehead atoms. The summed E-state index contributed by atoms with van der Waals surface area (Å²) in [6.45, 7) is 5.62. The average molecular weight is 366 g/mol. The topological polar surface area (TPSA) is 70.4 Å². The number of rotatable bonds is 4. The summed E-state index contributed by atoms with van der Waals surface area (Å²) in [5, 5.41) is 0.791. The lowest BCUT2D eigenvalue weighted by molar-refractivity contribution is -0.153. The SMILES string of the molecule is CC(C)(C)OC(=O)Cc1ccc2ccn(C(=O)OCc3ccccc3)c2n1. The van der Waals surface area contributed by atoms with Crippen molar-refractivity contribution in [3.63, 3.8) is 0 Å². The van der Waals surface area contributed by atoms with E-state index in [0.29, 0.717) is 11.3 Å². The van der Waals surface area contributed by atoms with Crippen molar-refractivity contribution in [2.45, 2.75) is 39.4 Å². The number of carbonyl (C=O) groups excluding carboxylic acids is 2. The first-order valence-electron chi connectivity index (χ1n) is 8.72. The lowest BCUT2D eigenvalue weighted by Gasteiger charge is -2.19. The summed E-state index contributed by atoms with van der Waals surface area (Å²) in [6, 6.07) is 14.8. The highest BCUT2D eigenvalue weighted by molar-refractivity contribution is 5.87. The molecule has 6 nitrogen and oxygen atoms in total. The summed E-state index contributed by atoms with van der Waals surface area (Å²) >= 11 is 0. The highest BCUT2D eigenvalue weighted by Crippen LogP contribution is 2.17. The van der Waals surface area contributed by atoms with Crippen LogP contribution < -0.4 is 0 Å². The van der Waals surface area contributed by atoms with Crippen LogP contribution in [0.3, 0.4) is 0 Å². The van der Waals surface area contributed by atoms with Crippen LogP contribution in [0.4, 0.5) is 4.79 Å². The van der Waals surface area contributed by atoms with Crippen LogP contribution in [-0.2, 0) is 27.3 Å². The van der Waals surface area contributed by atoms with E-state index in [1.165, 1.54) is 4.57 Å². The number of hydrogen-bond donors (Lipinski definition) is 0. The Balaban J connectivity index is 1.74. The van der Waals surface area contributed by atoms with Gasteiger partial charge in [-0.25, -0.2) is 14.3 Å². The first kappa shape index (κ1) is 18.6. The van der Waals surface area contributed by atoms with E-state index in [1.54, 1.807) is 18.3 Å². The third-order valence-corrected chi connectivity index (χ3v) is 3.74. The van der Waals surface area contributed by atoms with Gasteiger partial charge < -0.3 is 9.47 Å². The van der Waals surface area contributed by atoms with Crippen molar-refractivity contribution < 1.29 is 19.1 Å². The summed E-state index contributed by atoms with van der Waals surface area (Å²) < 4.78 is 12.0. The molecule has 0 N–H and O–H groups in total. The maximum absolute atomic E-state index is 12.4. The van der Waals surface area contributed by atoms with E-state index in [-0.39, 0.29) is 19.0 Å². The molecule has 0 amide bonds. The number of fused-ring (bicyclic) bond motifs is 1. The molecule has 0 aliphatic rings. The Bertz CT molecular complexity index is 955. The maximum Gasteiger partial charge on any atom is 0.420 e. The van der Waals surface area contributed by atoms with E-state index >= 15 is 0 Å². The quantitative estimate of drug-likeness (QED) is 0.650. The zero-order chi connectivity index (χ0) is 19.4. The van der Waals surface area contributed by atoms with Gasteiger partial charge in [-0.3, -0.25) is 4.79 Å². The lowest BCUT2D eigenvalue weighted by atomic mass is 10.2. The van der Waals surface area contributed by atoms with E-state index in [9.17, 15) is 9.59 Å². The van der Waals surface area contributed by atoms with Gasteiger partial charge in [0.15, 0.2) is 0 Å². The molecule has 0 spiro atoms. The Labute approximate surface area is 157 Å². The van der Waals surface area contributed by atoms with Crippen molar-refractivity contribution in [2.75, 3.05) is 0 Å². The molecule has 0 aliphatic carbocycles. The fraction of sp³-hybridized carbons (Fsp3) is 0.286. The van der Waals surface area contributed by atoms with E-state index in [4.69, 9.17) is 9.47 Å². The maximum atomic E-state index is 12.4. The molecule has 6 heteroatoms. The Morgan fingerprint density at radius 3 is 2.48 bits per heavy atom. The molecular weight excluding hydrogens is 344 g/mol. The fourth-order valence-corrected chi connectivity index (χ4v) is 2.61. The van der Waals surface area contributed by atoms with Gasteiger partial charge in [0.05, 0.1) is 12.1 Å². The molecule has 2 aromatic heterocycles. The van der Waals surface area contributed by atoms with Crippen LogP contribution in [0.15, 0.2) is 54.7 Å². The minimum atomic E-state index is -0.553. The third kappa shape index (κ3) is 4.94. The molecule has 2 heterocycles. The lowest BCUT2D eigenvalue weighted by Crippen LogP contribution is -2.25. The molecule has 0 aliphatic heterocycles. The standard InChI is InChI=1S/C21H22N2O4/c1-21(2,3)27-18(24)13-17-10-9-16-11-12-23(19(16)22-17)20(25)26-14-15-7-5-4-6-8-15/h4-12H,13-14H2,1-3H3. The molecule has 3 aromatic rings. The molecule has 27 heavy (non-hydrogen) atoms. The number of carbonyl (C=O) groups is 2. The van der Waals surface area contributed by atoms with Crippen LogP contribution in [-0.4, -0.2) is 27.2 Å². The summed E-state index contributed by atoms with van der Waals surface area (Å²) in [6.07, 6.45) is 1.13. The molecule has 0 unspecified atom stereocenters. The highest BCUT2D eigenvalue weighted by atomic mass is 16.6. The van der Waals surface area contributed by atoms with Gasteiger partial charge in [-0.05, 0) is 44.5 Å². The van der Waals surface area contributed by atoms with Gasteiger partial charge in [-0.1, -0.05) is 30.3 Å². The first-order valence-corrected chi connectivity index (χ1v) is 8.72. The number of hydrogen-bond acceptors (Lipinski definition) is 5. The van der Waals surface area contributed by atoms with Crippen molar-refractivity contribution >= 4 is 23.1 Å². The molecule has 0 saturated carbocycles. The van der Waals surface area contributed by atoms with Gasteiger partial charge in [0.25, 0.3) is 0 Å². The second-order valence-electron chi connectivity index (χ2n) is 7.20. The molecule has 0 saturated heterocycles. The van der Waals surface area contributed by atoms with Crippen LogP contribution in [0.2, 0.25) is 0 Å². The van der Waals surface area contributed by atoms with E-state index in [0.717, 1.165) is 10.9 Å². The molecular formula is C21H22N2O4. The minimum absolute atomic E-state index is 0.0391. The van der Waals surface area contributed by atoms with Crippen LogP contribution in [0, 0.1) is 0 Å². The molecule has 0 fully saturated rings. The van der Waals surface area contributed by atoms with Crippen LogP contribution in [0.5, 0.6) is 0 Å². The fourth-order valence-electron chi connectivity index (χ4n) is 2.61. The largest absolute Gasteiger partial charge is 0.460 e. The van der Waals surface area contributed by atoms with E-state index in [2.05, 4.69) is 4.98 Å². The van der Waals surface area contributed by atoms with E-state index < -0.39 is 11.7 Å². The summed E-state index contributed by atoms with van der Waals surface area (Å²) in [5.41, 5.74) is 1.34. The zero-order valence-electron chi connectivity index (χ0n) is 15.6. The summed E-state index contributed by atoms with van der Waals surface area (Å²) in [7, 11) is 0. The Kier molecular flexibility index (Phi) is 5.26. The first-order chi connectivity index (χ1) is 12.8. The number of pyridine rings is 1. The molecule has 0 atom stereocenters. The Morgan fingerprint density at radius 1 is 1.04 bits per heavy atom. The average Bonchev–Trinajstić information content (AvgIpc) is 3.02. The van der Waals surface area contributed by atoms with Gasteiger partial charge in [-0.2, -0.15) is 0 Å². The number of ether oxygens (including phenoxy) is 2. The highest BCUT2D eigenvalue weighted by Gasteiger charge is 2.18. The summed E-state index contributed by atoms with van der Waals surface area (Å²) in [5.74, 6) is -0.362. The van der Waals surface area contributed by atoms with Crippen LogP contribution in [0.25, 0.3) is 11.0 Å². The normalized spacial score (nSPS) is 11.4. The minimum Gasteiger partial charge on any atom is -0.460 e. The van der Waals surface area contributed by atoms with Crippen molar-refractivity contribution in [1.82, 2.24) is 9.55 Å². The zero-order valence-corrected chi connectivity index (χ0v) is 15.6. The smallest absolute Gasteiger partial charge is 0.420 e. The van der Waals surface area contributed by atoms with Gasteiger partial charge >= 0.3 is 12.1 Å². The third-order valence-electron chi connectivity index (χ3n) is 3.74. The van der Waals surface area contributed by atoms with Crippen molar-refractivity contribution in [3.8, 4) is 0 Å². The molecule has 0 radical (unpaired) electrons. The van der Waals surface area contributed by atoms with Gasteiger partial charge in [0.2, 0.25) is 0 Å². The number of benzene rings is 1. The monoisotopic (exact) mass is 366 g/mol. The van der Waals surface area contributed by atoms with Crippen molar-refractivity contribution in [3.05, 3.63) is 66.0 Å². The number of nitrogens with zero attached hydrogens (tertiary/aromatic N) is 2. The van der Waals surface area contributed by atoms with Crippen LogP contribution in [0.1, 0.15) is 32.0 Å². The Hall–Kier alpha value is -3.15. The van der Waals surface area contributed by atoms with Gasteiger partial charge in [-0.15, -0.1) is 0 Å². The molecule has 1 aromatic carbocycles.